The summed E-state index contributed by atoms with van der Waals surface area (Å²) in [4.78, 5) is 35.5. The molecule has 0 radical (unpaired) electrons. The van der Waals surface area contributed by atoms with E-state index >= 15 is 0 Å². The Hall–Kier alpha value is -1.51. The van der Waals surface area contributed by atoms with Crippen LogP contribution in [-0.4, -0.2) is 49.3 Å². The molecule has 0 fully saturated rings. The van der Waals surface area contributed by atoms with Crippen molar-refractivity contribution in [3.05, 3.63) is 24.3 Å². The van der Waals surface area contributed by atoms with Crippen molar-refractivity contribution in [2.24, 2.45) is 5.73 Å². The maximum atomic E-state index is 12.8. The average molecular weight is 1360 g/mol. The summed E-state index contributed by atoms with van der Waals surface area (Å²) in [6.07, 6.45) is 104. The molecule has 0 saturated carbocycles. The number of hydrogen-bond donors (Lipinski definition) is 2. The van der Waals surface area contributed by atoms with Crippen LogP contribution in [0.5, 0.6) is 0 Å². The zero-order valence-electron chi connectivity index (χ0n) is 64.0. The number of allylic oxidation sites excluding steroid dienone is 4. The van der Waals surface area contributed by atoms with Gasteiger partial charge in [0.05, 0.1) is 13.2 Å². The lowest BCUT2D eigenvalue weighted by molar-refractivity contribution is -0.161. The van der Waals surface area contributed by atoms with E-state index in [0.717, 1.165) is 38.5 Å². The first-order chi connectivity index (χ1) is 46.8. The highest BCUT2D eigenvalue weighted by Crippen LogP contribution is 2.43. The smallest absolute Gasteiger partial charge is 0.462 e. The lowest BCUT2D eigenvalue weighted by atomic mass is 10.0. The fourth-order valence-corrected chi connectivity index (χ4v) is 14.3. The second-order valence-corrected chi connectivity index (χ2v) is 30.9. The normalized spacial score (nSPS) is 12.8. The van der Waals surface area contributed by atoms with E-state index in [1.165, 1.54) is 405 Å². The third-order valence-corrected chi connectivity index (χ3v) is 20.8. The van der Waals surface area contributed by atoms with Gasteiger partial charge in [0.15, 0.2) is 6.10 Å². The van der Waals surface area contributed by atoms with E-state index in [9.17, 15) is 19.0 Å². The van der Waals surface area contributed by atoms with Crippen LogP contribution in [-0.2, 0) is 32.7 Å². The molecule has 95 heavy (non-hydrogen) atoms. The van der Waals surface area contributed by atoms with Crippen molar-refractivity contribution in [3.63, 3.8) is 0 Å². The second kappa shape index (κ2) is 81.5. The molecule has 9 nitrogen and oxygen atoms in total. The molecule has 0 amide bonds. The number of nitrogens with two attached hydrogens (primary N) is 1. The Morgan fingerprint density at radius 1 is 0.316 bits per heavy atom. The lowest BCUT2D eigenvalue weighted by Crippen LogP contribution is -2.29. The predicted octanol–water partition coefficient (Wildman–Crippen LogP) is 28.8. The molecule has 0 aliphatic carbocycles. The number of phosphoric acid groups is 1. The predicted molar refractivity (Wildman–Crippen MR) is 414 cm³/mol. The summed E-state index contributed by atoms with van der Waals surface area (Å²) in [7, 11) is -4.39. The van der Waals surface area contributed by atoms with Gasteiger partial charge in [-0.3, -0.25) is 18.6 Å². The van der Waals surface area contributed by atoms with Gasteiger partial charge in [-0.25, -0.2) is 4.57 Å². The van der Waals surface area contributed by atoms with Crippen LogP contribution >= 0.6 is 7.82 Å². The number of rotatable bonds is 83. The van der Waals surface area contributed by atoms with Crippen LogP contribution in [0.2, 0.25) is 0 Å². The summed E-state index contributed by atoms with van der Waals surface area (Å²) in [5.41, 5.74) is 5.42. The van der Waals surface area contributed by atoms with E-state index in [-0.39, 0.29) is 38.6 Å². The van der Waals surface area contributed by atoms with Gasteiger partial charge in [-0.05, 0) is 44.9 Å². The Kier molecular flexibility index (Phi) is 80.2. The molecule has 10 heteroatoms. The fraction of sp³-hybridized carbons (Fsp3) is 0.929. The minimum Gasteiger partial charge on any atom is -0.462 e. The highest BCUT2D eigenvalue weighted by atomic mass is 31.2. The first kappa shape index (κ1) is 93.5. The molecular weight excluding hydrogens is 1190 g/mol. The Balaban J connectivity index is 3.70. The summed E-state index contributed by atoms with van der Waals surface area (Å²) in [5.74, 6) is -0.796. The molecule has 0 bridgehead atoms. The topological polar surface area (TPSA) is 134 Å². The van der Waals surface area contributed by atoms with Crippen LogP contribution < -0.4 is 5.73 Å². The third kappa shape index (κ3) is 81.3. The van der Waals surface area contributed by atoms with Crippen LogP contribution in [0.4, 0.5) is 0 Å². The molecule has 0 aromatic heterocycles. The molecule has 0 aliphatic heterocycles. The van der Waals surface area contributed by atoms with Gasteiger partial charge >= 0.3 is 19.8 Å². The molecule has 0 heterocycles. The minimum atomic E-state index is -4.39. The molecule has 0 rings (SSSR count). The minimum absolute atomic E-state index is 0.0578. The molecule has 2 unspecified atom stereocenters. The summed E-state index contributed by atoms with van der Waals surface area (Å²) >= 11 is 0. The molecule has 0 aromatic carbocycles. The van der Waals surface area contributed by atoms with E-state index < -0.39 is 26.5 Å². The first-order valence-electron chi connectivity index (χ1n) is 42.8. The summed E-state index contributed by atoms with van der Waals surface area (Å²) in [6.45, 7) is 3.84. The van der Waals surface area contributed by atoms with Gasteiger partial charge in [0.1, 0.15) is 6.61 Å². The number of phosphoric ester groups is 1. The van der Waals surface area contributed by atoms with Gasteiger partial charge in [0, 0.05) is 19.4 Å². The van der Waals surface area contributed by atoms with Crippen molar-refractivity contribution in [3.8, 4) is 0 Å². The Morgan fingerprint density at radius 3 is 0.800 bits per heavy atom. The summed E-state index contributed by atoms with van der Waals surface area (Å²) in [6, 6.07) is 0. The van der Waals surface area contributed by atoms with Crippen LogP contribution in [0.1, 0.15) is 476 Å². The molecule has 0 aromatic rings. The van der Waals surface area contributed by atoms with Crippen molar-refractivity contribution in [2.45, 2.75) is 482 Å². The Bertz CT molecular complexity index is 1610. The van der Waals surface area contributed by atoms with Crippen LogP contribution in [0, 0.1) is 0 Å². The van der Waals surface area contributed by atoms with E-state index in [2.05, 4.69) is 38.2 Å². The number of ether oxygens (including phenoxy) is 2. The van der Waals surface area contributed by atoms with Crippen molar-refractivity contribution in [1.82, 2.24) is 0 Å². The van der Waals surface area contributed by atoms with E-state index in [4.69, 9.17) is 24.3 Å². The number of hydrogen-bond acceptors (Lipinski definition) is 8. The van der Waals surface area contributed by atoms with Gasteiger partial charge in [0.2, 0.25) is 0 Å². The summed E-state index contributed by atoms with van der Waals surface area (Å²) < 4.78 is 33.3. The van der Waals surface area contributed by atoms with Crippen molar-refractivity contribution in [2.75, 3.05) is 26.4 Å². The van der Waals surface area contributed by atoms with Gasteiger partial charge < -0.3 is 20.1 Å². The van der Waals surface area contributed by atoms with E-state index in [1.807, 2.05) is 0 Å². The van der Waals surface area contributed by atoms with Crippen molar-refractivity contribution < 1.29 is 37.6 Å². The Morgan fingerprint density at radius 2 is 0.547 bits per heavy atom. The van der Waals surface area contributed by atoms with Crippen LogP contribution in [0.3, 0.4) is 0 Å². The maximum Gasteiger partial charge on any atom is 0.472 e. The van der Waals surface area contributed by atoms with Crippen molar-refractivity contribution in [1.29, 1.82) is 0 Å². The number of carbonyl (C=O) groups excluding carboxylic acids is 2. The van der Waals surface area contributed by atoms with Crippen LogP contribution in [0.25, 0.3) is 0 Å². The standard InChI is InChI=1S/C85H166NO8P/c1-3-5-7-9-11-13-15-17-19-21-23-25-27-29-31-33-35-37-39-40-41-42-44-46-48-50-52-54-56-58-60-62-64-66-68-70-72-74-76-78-85(88)94-83(82-93-95(89,90)92-80-79-86)81-91-84(87)77-75-73-71-69-67-65-63-61-59-57-55-53-51-49-47-45-43-38-36-34-32-30-28-26-24-22-20-18-16-14-12-10-8-6-4-2/h15,17,21,23,83H,3-14,16,18-20,22,24-82,86H2,1-2H3,(H,89,90)/b17-15-,23-21-. The Labute approximate surface area is 592 Å². The molecule has 564 valence electrons. The highest BCUT2D eigenvalue weighted by molar-refractivity contribution is 7.47. The second-order valence-electron chi connectivity index (χ2n) is 29.4. The van der Waals surface area contributed by atoms with Gasteiger partial charge in [0.25, 0.3) is 0 Å². The number of unbranched alkanes of at least 4 members (excludes halogenated alkanes) is 66. The SMILES string of the molecule is CCCCCCC/C=C\C/C=C\CCCCCCCCCCCCCCCCCCCCCCCCCCCCCC(=O)OC(COC(=O)CCCCCCCCCCCCCCCCCCCCCCCCCCCCCCCCCCCCC)COP(=O)(O)OCCN. The number of carbonyl (C=O) groups is 2. The zero-order valence-corrected chi connectivity index (χ0v) is 64.9. The monoisotopic (exact) mass is 1360 g/mol. The maximum absolute atomic E-state index is 12.8. The molecule has 0 spiro atoms. The molecular formula is C85H166NO8P. The van der Waals surface area contributed by atoms with Gasteiger partial charge in [-0.2, -0.15) is 0 Å². The quantitative estimate of drug-likeness (QED) is 0.0264. The first-order valence-corrected chi connectivity index (χ1v) is 44.3. The van der Waals surface area contributed by atoms with Crippen molar-refractivity contribution >= 4 is 19.8 Å². The number of esters is 2. The largest absolute Gasteiger partial charge is 0.472 e. The zero-order chi connectivity index (χ0) is 68.6. The summed E-state index contributed by atoms with van der Waals surface area (Å²) in [5, 5.41) is 0. The van der Waals surface area contributed by atoms with E-state index in [1.54, 1.807) is 0 Å². The fourth-order valence-electron chi connectivity index (χ4n) is 13.5. The highest BCUT2D eigenvalue weighted by Gasteiger charge is 2.26. The molecule has 0 aliphatic rings. The van der Waals surface area contributed by atoms with Gasteiger partial charge in [-0.15, -0.1) is 0 Å². The van der Waals surface area contributed by atoms with Crippen LogP contribution in [0.15, 0.2) is 24.3 Å². The molecule has 3 N–H and O–H groups in total. The average Bonchev–Trinajstić information content (AvgIpc) is 3.16. The van der Waals surface area contributed by atoms with E-state index in [0.29, 0.717) is 6.42 Å². The molecule has 2 atom stereocenters. The van der Waals surface area contributed by atoms with Gasteiger partial charge in [-0.1, -0.05) is 443 Å². The third-order valence-electron chi connectivity index (χ3n) is 19.8. The lowest BCUT2D eigenvalue weighted by Gasteiger charge is -2.19. The molecule has 0 saturated heterocycles.